The quantitative estimate of drug-likeness (QED) is 0.401. The third kappa shape index (κ3) is 4.65. The van der Waals surface area contributed by atoms with Crippen molar-refractivity contribution >= 4 is 34.4 Å². The fourth-order valence-corrected chi connectivity index (χ4v) is 4.53. The van der Waals surface area contributed by atoms with Crippen LogP contribution in [0.15, 0.2) is 52.4 Å². The largest absolute Gasteiger partial charge is 0.497 e. The van der Waals surface area contributed by atoms with E-state index in [2.05, 4.69) is 15.5 Å². The minimum Gasteiger partial charge on any atom is -0.497 e. The fraction of sp³-hybridized carbons (Fsp3) is 0.304. The summed E-state index contributed by atoms with van der Waals surface area (Å²) >= 11 is 1.35. The zero-order valence-electron chi connectivity index (χ0n) is 19.0. The first-order valence-electron chi connectivity index (χ1n) is 10.5. The number of hydrogen-bond donors (Lipinski definition) is 1. The average Bonchev–Trinajstić information content (AvgIpc) is 3.31. The number of carbonyl (C=O) groups excluding carboxylic acids is 1. The number of amides is 1. The van der Waals surface area contributed by atoms with E-state index in [0.29, 0.717) is 23.8 Å². The molecule has 0 bridgehead atoms. The van der Waals surface area contributed by atoms with Crippen LogP contribution in [-0.2, 0) is 31.9 Å². The Morgan fingerprint density at radius 1 is 1.06 bits per heavy atom. The van der Waals surface area contributed by atoms with Gasteiger partial charge in [-0.1, -0.05) is 23.9 Å². The Balaban J connectivity index is 1.41. The van der Waals surface area contributed by atoms with Crippen LogP contribution >= 0.6 is 11.8 Å². The lowest BCUT2D eigenvalue weighted by Gasteiger charge is -2.09. The van der Waals surface area contributed by atoms with Crippen LogP contribution in [-0.4, -0.2) is 42.7 Å². The van der Waals surface area contributed by atoms with Crippen molar-refractivity contribution < 1.29 is 9.53 Å². The molecule has 9 nitrogen and oxygen atoms in total. The normalized spacial score (nSPS) is 11.2. The van der Waals surface area contributed by atoms with Crippen molar-refractivity contribution in [2.24, 2.45) is 14.1 Å². The summed E-state index contributed by atoms with van der Waals surface area (Å²) in [7, 11) is 5.09. The lowest BCUT2D eigenvalue weighted by molar-refractivity contribution is -0.113. The number of imidazole rings is 1. The third-order valence-corrected chi connectivity index (χ3v) is 6.49. The first-order valence-corrected chi connectivity index (χ1v) is 11.5. The highest BCUT2D eigenvalue weighted by Crippen LogP contribution is 2.21. The summed E-state index contributed by atoms with van der Waals surface area (Å²) < 4.78 is 10.4. The fourth-order valence-electron chi connectivity index (χ4n) is 3.71. The zero-order chi connectivity index (χ0) is 23.5. The molecule has 2 aromatic carbocycles. The summed E-state index contributed by atoms with van der Waals surface area (Å²) in [6.45, 7) is 2.74. The molecule has 0 spiro atoms. The van der Waals surface area contributed by atoms with E-state index in [4.69, 9.17) is 4.74 Å². The molecule has 0 atom stereocenters. The molecule has 172 valence electrons. The number of ether oxygens (including phenoxy) is 1. The summed E-state index contributed by atoms with van der Waals surface area (Å²) in [4.78, 5) is 24.7. The second kappa shape index (κ2) is 9.53. The molecule has 0 unspecified atom stereocenters. The molecule has 0 saturated carbocycles. The Kier molecular flexibility index (Phi) is 6.55. The third-order valence-electron chi connectivity index (χ3n) is 5.52. The second-order valence-corrected chi connectivity index (χ2v) is 8.55. The van der Waals surface area contributed by atoms with Gasteiger partial charge in [-0.15, -0.1) is 10.2 Å². The molecule has 1 amide bonds. The summed E-state index contributed by atoms with van der Waals surface area (Å²) in [6, 6.07) is 13.3. The monoisotopic (exact) mass is 466 g/mol. The van der Waals surface area contributed by atoms with Crippen molar-refractivity contribution in [3.63, 3.8) is 0 Å². The maximum atomic E-state index is 12.6. The number of thioether (sulfide) groups is 1. The van der Waals surface area contributed by atoms with Crippen LogP contribution in [0.5, 0.6) is 5.75 Å². The molecule has 4 rings (SSSR count). The minimum atomic E-state index is -0.150. The van der Waals surface area contributed by atoms with E-state index in [1.807, 2.05) is 41.8 Å². The van der Waals surface area contributed by atoms with E-state index in [9.17, 15) is 9.59 Å². The number of methoxy groups -OCH3 is 1. The number of rotatable bonds is 8. The van der Waals surface area contributed by atoms with Crippen LogP contribution < -0.4 is 15.7 Å². The predicted octanol–water partition coefficient (Wildman–Crippen LogP) is 2.82. The van der Waals surface area contributed by atoms with Crippen LogP contribution in [0.4, 0.5) is 5.69 Å². The molecule has 0 aliphatic carbocycles. The molecule has 0 fully saturated rings. The lowest BCUT2D eigenvalue weighted by atomic mass is 10.1. The van der Waals surface area contributed by atoms with Gasteiger partial charge in [-0.25, -0.2) is 4.79 Å². The van der Waals surface area contributed by atoms with Gasteiger partial charge in [-0.05, 0) is 42.8 Å². The molecule has 2 aromatic heterocycles. The van der Waals surface area contributed by atoms with Crippen LogP contribution in [0.2, 0.25) is 0 Å². The number of benzene rings is 2. The number of aromatic nitrogens is 5. The Labute approximate surface area is 195 Å². The highest BCUT2D eigenvalue weighted by atomic mass is 32.2. The van der Waals surface area contributed by atoms with Crippen LogP contribution in [0.3, 0.4) is 0 Å². The van der Waals surface area contributed by atoms with Crippen molar-refractivity contribution in [3.05, 3.63) is 64.3 Å². The first-order chi connectivity index (χ1) is 15.9. The summed E-state index contributed by atoms with van der Waals surface area (Å²) in [5.74, 6) is 1.71. The minimum absolute atomic E-state index is 0.103. The van der Waals surface area contributed by atoms with Crippen molar-refractivity contribution in [1.82, 2.24) is 23.9 Å². The van der Waals surface area contributed by atoms with Gasteiger partial charge in [0.1, 0.15) is 11.6 Å². The van der Waals surface area contributed by atoms with E-state index in [1.54, 1.807) is 42.5 Å². The molecular weight excluding hydrogens is 440 g/mol. The number of fused-ring (bicyclic) bond motifs is 1. The van der Waals surface area contributed by atoms with Crippen molar-refractivity contribution in [1.29, 1.82) is 0 Å². The molecule has 0 aliphatic rings. The van der Waals surface area contributed by atoms with E-state index in [0.717, 1.165) is 28.2 Å². The standard InChI is InChI=1S/C23H26N6O3S/c1-5-29-20(12-15-6-9-17(32-4)10-7-15)25-26-22(29)33-14-21(30)24-16-8-11-18-19(13-16)28(3)23(31)27(18)2/h6-11,13H,5,12,14H2,1-4H3,(H,24,30). The summed E-state index contributed by atoms with van der Waals surface area (Å²) in [5.41, 5.74) is 3.23. The van der Waals surface area contributed by atoms with Gasteiger partial charge < -0.3 is 14.6 Å². The maximum absolute atomic E-state index is 12.6. The Bertz CT molecular complexity index is 1350. The molecule has 0 saturated heterocycles. The van der Waals surface area contributed by atoms with Gasteiger partial charge in [-0.2, -0.15) is 0 Å². The number of carbonyl (C=O) groups is 1. The van der Waals surface area contributed by atoms with Crippen LogP contribution in [0.25, 0.3) is 11.0 Å². The molecule has 4 aromatic rings. The second-order valence-electron chi connectivity index (χ2n) is 7.61. The van der Waals surface area contributed by atoms with Gasteiger partial charge in [0.15, 0.2) is 5.16 Å². The number of nitrogens with one attached hydrogen (secondary N) is 1. The SMILES string of the molecule is CCn1c(Cc2ccc(OC)cc2)nnc1SCC(=O)Nc1ccc2c(c1)n(C)c(=O)n2C. The topological polar surface area (TPSA) is 96.0 Å². The van der Waals surface area contributed by atoms with E-state index in [1.165, 1.54) is 11.8 Å². The van der Waals surface area contributed by atoms with Gasteiger partial charge in [0.2, 0.25) is 5.91 Å². The Hall–Kier alpha value is -3.53. The van der Waals surface area contributed by atoms with Crippen molar-refractivity contribution in [2.45, 2.75) is 25.0 Å². The molecule has 0 radical (unpaired) electrons. The number of anilines is 1. The van der Waals surface area contributed by atoms with Gasteiger partial charge in [-0.3, -0.25) is 13.9 Å². The molecule has 1 N–H and O–H groups in total. The van der Waals surface area contributed by atoms with Crippen molar-refractivity contribution in [3.8, 4) is 5.75 Å². The van der Waals surface area contributed by atoms with E-state index in [-0.39, 0.29) is 17.3 Å². The zero-order valence-corrected chi connectivity index (χ0v) is 19.8. The molecule has 10 heteroatoms. The van der Waals surface area contributed by atoms with Gasteiger partial charge in [0.05, 0.1) is 23.9 Å². The molecular formula is C23H26N6O3S. The lowest BCUT2D eigenvalue weighted by Crippen LogP contribution is -2.19. The van der Waals surface area contributed by atoms with E-state index >= 15 is 0 Å². The van der Waals surface area contributed by atoms with Crippen molar-refractivity contribution in [2.75, 3.05) is 18.2 Å². The number of hydrogen-bond acceptors (Lipinski definition) is 6. The maximum Gasteiger partial charge on any atom is 0.328 e. The van der Waals surface area contributed by atoms with Gasteiger partial charge in [0.25, 0.3) is 0 Å². The number of aryl methyl sites for hydroxylation is 2. The Morgan fingerprint density at radius 2 is 1.79 bits per heavy atom. The summed E-state index contributed by atoms with van der Waals surface area (Å²) in [6.07, 6.45) is 0.646. The Morgan fingerprint density at radius 3 is 2.48 bits per heavy atom. The van der Waals surface area contributed by atoms with Crippen LogP contribution in [0.1, 0.15) is 18.3 Å². The highest BCUT2D eigenvalue weighted by Gasteiger charge is 2.15. The van der Waals surface area contributed by atoms with Crippen LogP contribution in [0, 0.1) is 0 Å². The smallest absolute Gasteiger partial charge is 0.328 e. The number of nitrogens with zero attached hydrogens (tertiary/aromatic N) is 5. The van der Waals surface area contributed by atoms with Gasteiger partial charge >= 0.3 is 5.69 Å². The molecule has 2 heterocycles. The van der Waals surface area contributed by atoms with E-state index < -0.39 is 0 Å². The van der Waals surface area contributed by atoms with Gasteiger partial charge in [0, 0.05) is 32.7 Å². The predicted molar refractivity (Wildman–Crippen MR) is 129 cm³/mol. The first kappa shape index (κ1) is 22.7. The highest BCUT2D eigenvalue weighted by molar-refractivity contribution is 7.99. The molecule has 33 heavy (non-hydrogen) atoms. The average molecular weight is 467 g/mol. The summed E-state index contributed by atoms with van der Waals surface area (Å²) in [5, 5.41) is 12.2. The molecule has 0 aliphatic heterocycles.